The van der Waals surface area contributed by atoms with Gasteiger partial charge in [-0.1, -0.05) is 11.6 Å². The van der Waals surface area contributed by atoms with Gasteiger partial charge in [-0.05, 0) is 39.8 Å². The zero-order valence-corrected chi connectivity index (χ0v) is 12.9. The van der Waals surface area contributed by atoms with Gasteiger partial charge in [0.15, 0.2) is 5.78 Å². The molecule has 0 aliphatic carbocycles. The maximum Gasteiger partial charge on any atom is 0.164 e. The summed E-state index contributed by atoms with van der Waals surface area (Å²) in [5, 5.41) is 8.19. The van der Waals surface area contributed by atoms with E-state index in [0.717, 1.165) is 37.3 Å². The first-order valence-electron chi connectivity index (χ1n) is 7.17. The number of hydrogen-bond acceptors (Lipinski definition) is 4. The van der Waals surface area contributed by atoms with Gasteiger partial charge in [0, 0.05) is 6.54 Å². The molecular weight excluding hydrogens is 278 g/mol. The molecule has 1 aromatic heterocycles. The van der Waals surface area contributed by atoms with Crippen molar-refractivity contribution in [2.24, 2.45) is 0 Å². The van der Waals surface area contributed by atoms with Crippen LogP contribution in [0.5, 0.6) is 0 Å². The van der Waals surface area contributed by atoms with Gasteiger partial charge in [-0.3, -0.25) is 9.48 Å². The number of nitrogens with zero attached hydrogens (tertiary/aromatic N) is 2. The fraction of sp³-hybridized carbons (Fsp3) is 0.714. The van der Waals surface area contributed by atoms with Gasteiger partial charge in [0.25, 0.3) is 0 Å². The Labute approximate surface area is 124 Å². The van der Waals surface area contributed by atoms with Crippen LogP contribution < -0.4 is 5.32 Å². The third-order valence-corrected chi connectivity index (χ3v) is 4.08. The third-order valence-electron chi connectivity index (χ3n) is 3.58. The Morgan fingerprint density at radius 2 is 2.20 bits per heavy atom. The molecule has 2 rings (SSSR count). The predicted octanol–water partition coefficient (Wildman–Crippen LogP) is 1.75. The van der Waals surface area contributed by atoms with E-state index >= 15 is 0 Å². The lowest BCUT2D eigenvalue weighted by atomic mass is 10.1. The van der Waals surface area contributed by atoms with E-state index in [9.17, 15) is 4.79 Å². The number of ether oxygens (including phenoxy) is 1. The highest BCUT2D eigenvalue weighted by molar-refractivity contribution is 6.32. The second-order valence-corrected chi connectivity index (χ2v) is 5.52. The summed E-state index contributed by atoms with van der Waals surface area (Å²) in [6.07, 6.45) is 2.44. The van der Waals surface area contributed by atoms with Gasteiger partial charge in [0.05, 0.1) is 28.9 Å². The van der Waals surface area contributed by atoms with Crippen LogP contribution in [0.25, 0.3) is 0 Å². The van der Waals surface area contributed by atoms with Crippen molar-refractivity contribution in [1.29, 1.82) is 0 Å². The summed E-state index contributed by atoms with van der Waals surface area (Å²) in [5.74, 6) is 0.0556. The largest absolute Gasteiger partial charge is 0.370 e. The molecule has 6 heteroatoms. The molecule has 0 radical (unpaired) electrons. The summed E-state index contributed by atoms with van der Waals surface area (Å²) in [6.45, 7) is 6.65. The van der Waals surface area contributed by atoms with Gasteiger partial charge >= 0.3 is 0 Å². The molecule has 1 saturated heterocycles. The van der Waals surface area contributed by atoms with E-state index in [2.05, 4.69) is 10.4 Å². The summed E-state index contributed by atoms with van der Waals surface area (Å²) in [7, 11) is 0. The lowest BCUT2D eigenvalue weighted by Gasteiger charge is -2.22. The Bertz CT molecular complexity index is 467. The van der Waals surface area contributed by atoms with Crippen LogP contribution in [0.3, 0.4) is 0 Å². The highest BCUT2D eigenvalue weighted by atomic mass is 35.5. The van der Waals surface area contributed by atoms with Crippen LogP contribution in [0, 0.1) is 6.92 Å². The first-order valence-corrected chi connectivity index (χ1v) is 7.55. The summed E-state index contributed by atoms with van der Waals surface area (Å²) in [4.78, 5) is 12.0. The molecule has 0 saturated carbocycles. The van der Waals surface area contributed by atoms with Crippen LogP contribution in [-0.2, 0) is 22.5 Å². The Hall–Kier alpha value is -0.910. The van der Waals surface area contributed by atoms with Crippen LogP contribution in [-0.4, -0.2) is 41.4 Å². The number of aryl methyl sites for hydroxylation is 2. The van der Waals surface area contributed by atoms with Crippen molar-refractivity contribution in [1.82, 2.24) is 15.1 Å². The molecule has 0 unspecified atom stereocenters. The molecule has 5 nitrogen and oxygen atoms in total. The number of rotatable bonds is 6. The fourth-order valence-corrected chi connectivity index (χ4v) is 2.65. The molecule has 2 heterocycles. The zero-order valence-electron chi connectivity index (χ0n) is 12.1. The highest BCUT2D eigenvalue weighted by Crippen LogP contribution is 2.21. The van der Waals surface area contributed by atoms with Crippen LogP contribution >= 0.6 is 11.6 Å². The lowest BCUT2D eigenvalue weighted by molar-refractivity contribution is -0.125. The van der Waals surface area contributed by atoms with E-state index in [4.69, 9.17) is 16.3 Å². The monoisotopic (exact) mass is 299 g/mol. The number of ketones is 1. The van der Waals surface area contributed by atoms with Crippen LogP contribution in [0.4, 0.5) is 0 Å². The predicted molar refractivity (Wildman–Crippen MR) is 78.2 cm³/mol. The van der Waals surface area contributed by atoms with E-state index in [1.54, 1.807) is 4.68 Å². The molecule has 112 valence electrons. The molecule has 0 aromatic carbocycles. The lowest BCUT2D eigenvalue weighted by Crippen LogP contribution is -2.33. The number of halogens is 1. The Kier molecular flexibility index (Phi) is 5.57. The molecular formula is C14H22ClN3O2. The summed E-state index contributed by atoms with van der Waals surface area (Å²) >= 11 is 6.20. The first-order chi connectivity index (χ1) is 9.61. The minimum absolute atomic E-state index is 0.0556. The summed E-state index contributed by atoms with van der Waals surface area (Å²) in [6, 6.07) is 0. The molecule has 20 heavy (non-hydrogen) atoms. The quantitative estimate of drug-likeness (QED) is 0.869. The first kappa shape index (κ1) is 15.5. The van der Waals surface area contributed by atoms with Crippen LogP contribution in [0.1, 0.15) is 31.2 Å². The zero-order chi connectivity index (χ0) is 14.5. The van der Waals surface area contributed by atoms with Gasteiger partial charge in [-0.25, -0.2) is 0 Å². The van der Waals surface area contributed by atoms with E-state index in [-0.39, 0.29) is 18.5 Å². The molecule has 1 aliphatic heterocycles. The number of carbonyl (C=O) groups is 1. The molecule has 1 fully saturated rings. The maximum atomic E-state index is 12.0. The molecule has 0 spiro atoms. The number of Topliss-reactive ketones (excluding diaryl/α,β-unsaturated/α-hetero) is 1. The topological polar surface area (TPSA) is 56.2 Å². The van der Waals surface area contributed by atoms with E-state index in [0.29, 0.717) is 18.0 Å². The second-order valence-electron chi connectivity index (χ2n) is 5.14. The van der Waals surface area contributed by atoms with Crippen molar-refractivity contribution in [2.45, 2.75) is 45.8 Å². The molecule has 1 N–H and O–H groups in total. The molecule has 0 atom stereocenters. The Morgan fingerprint density at radius 1 is 1.50 bits per heavy atom. The highest BCUT2D eigenvalue weighted by Gasteiger charge is 2.18. The number of aromatic nitrogens is 2. The number of piperidine rings is 1. The average molecular weight is 300 g/mol. The van der Waals surface area contributed by atoms with E-state index in [1.807, 2.05) is 13.8 Å². The minimum atomic E-state index is 0.0556. The molecule has 1 aromatic rings. The van der Waals surface area contributed by atoms with Crippen molar-refractivity contribution in [2.75, 3.05) is 19.7 Å². The summed E-state index contributed by atoms with van der Waals surface area (Å²) in [5.41, 5.74) is 1.57. The standard InChI is InChI=1S/C14H22ClN3O2/c1-3-18-13(14(15)10(2)17-18)8-11(19)9-20-12-4-6-16-7-5-12/h12,16H,3-9H2,1-2H3. The second kappa shape index (κ2) is 7.20. The molecule has 0 amide bonds. The normalized spacial score (nSPS) is 16.6. The van der Waals surface area contributed by atoms with E-state index < -0.39 is 0 Å². The minimum Gasteiger partial charge on any atom is -0.370 e. The van der Waals surface area contributed by atoms with Crippen molar-refractivity contribution in [3.63, 3.8) is 0 Å². The number of hydrogen-bond donors (Lipinski definition) is 1. The molecule has 1 aliphatic rings. The molecule has 0 bridgehead atoms. The van der Waals surface area contributed by atoms with Gasteiger partial charge in [0.2, 0.25) is 0 Å². The summed E-state index contributed by atoms with van der Waals surface area (Å²) < 4.78 is 7.47. The Balaban J connectivity index is 1.87. The van der Waals surface area contributed by atoms with Gasteiger partial charge in [-0.2, -0.15) is 5.10 Å². The number of nitrogens with one attached hydrogen (secondary N) is 1. The van der Waals surface area contributed by atoms with Crippen molar-refractivity contribution < 1.29 is 9.53 Å². The smallest absolute Gasteiger partial charge is 0.164 e. The Morgan fingerprint density at radius 3 is 2.85 bits per heavy atom. The van der Waals surface area contributed by atoms with Crippen molar-refractivity contribution >= 4 is 17.4 Å². The number of carbonyl (C=O) groups excluding carboxylic acids is 1. The van der Waals surface area contributed by atoms with Gasteiger partial charge in [-0.15, -0.1) is 0 Å². The average Bonchev–Trinajstić information content (AvgIpc) is 2.74. The third kappa shape index (κ3) is 3.81. The van der Waals surface area contributed by atoms with Crippen molar-refractivity contribution in [3.05, 3.63) is 16.4 Å². The van der Waals surface area contributed by atoms with Crippen LogP contribution in [0.2, 0.25) is 5.02 Å². The van der Waals surface area contributed by atoms with Crippen LogP contribution in [0.15, 0.2) is 0 Å². The van der Waals surface area contributed by atoms with E-state index in [1.165, 1.54) is 0 Å². The maximum absolute atomic E-state index is 12.0. The fourth-order valence-electron chi connectivity index (χ4n) is 2.45. The van der Waals surface area contributed by atoms with Gasteiger partial charge in [0.1, 0.15) is 6.61 Å². The SMILES string of the molecule is CCn1nc(C)c(Cl)c1CC(=O)COC1CCNCC1. The van der Waals surface area contributed by atoms with Gasteiger partial charge < -0.3 is 10.1 Å². The van der Waals surface area contributed by atoms with Crippen molar-refractivity contribution in [3.8, 4) is 0 Å².